The van der Waals surface area contributed by atoms with Crippen LogP contribution in [0.5, 0.6) is 0 Å². The Labute approximate surface area is 181 Å². The predicted molar refractivity (Wildman–Crippen MR) is 112 cm³/mol. The van der Waals surface area contributed by atoms with Crippen LogP contribution in [0.3, 0.4) is 0 Å². The van der Waals surface area contributed by atoms with Gasteiger partial charge in [0.15, 0.2) is 4.90 Å². The second kappa shape index (κ2) is 8.96. The van der Waals surface area contributed by atoms with Crippen LogP contribution in [-0.2, 0) is 26.6 Å². The van der Waals surface area contributed by atoms with Crippen LogP contribution < -0.4 is 0 Å². The Balaban J connectivity index is 1.83. The van der Waals surface area contributed by atoms with Crippen molar-refractivity contribution in [3.05, 3.63) is 58.4 Å². The molecular weight excluding hydrogens is 446 g/mol. The number of hydrogen-bond donors (Lipinski definition) is 0. The number of sulfonamides is 2. The summed E-state index contributed by atoms with van der Waals surface area (Å²) in [6.07, 6.45) is 1.69. The van der Waals surface area contributed by atoms with Gasteiger partial charge in [-0.25, -0.2) is 21.1 Å². The summed E-state index contributed by atoms with van der Waals surface area (Å²) in [5.74, 6) is 0. The minimum Gasteiger partial charge on any atom is -0.295 e. The fourth-order valence-electron chi connectivity index (χ4n) is 3.22. The molecule has 1 aromatic carbocycles. The van der Waals surface area contributed by atoms with Crippen LogP contribution >= 0.6 is 0 Å². The van der Waals surface area contributed by atoms with E-state index in [2.05, 4.69) is 9.88 Å². The normalized spacial score (nSPS) is 16.5. The van der Waals surface area contributed by atoms with E-state index in [0.29, 0.717) is 19.6 Å². The maximum absolute atomic E-state index is 13.1. The highest BCUT2D eigenvalue weighted by Gasteiger charge is 2.35. The van der Waals surface area contributed by atoms with Gasteiger partial charge in [-0.1, -0.05) is 6.07 Å². The topological polar surface area (TPSA) is 134 Å². The highest BCUT2D eigenvalue weighted by Crippen LogP contribution is 2.30. The smallest absolute Gasteiger partial charge is 0.290 e. The molecule has 1 saturated heterocycles. The molecule has 0 spiro atoms. The highest BCUT2D eigenvalue weighted by atomic mass is 32.2. The molecule has 1 fully saturated rings. The van der Waals surface area contributed by atoms with E-state index in [1.807, 2.05) is 18.2 Å². The molecule has 11 nitrogen and oxygen atoms in total. The van der Waals surface area contributed by atoms with Gasteiger partial charge in [0.25, 0.3) is 5.69 Å². The average molecular weight is 470 g/mol. The first kappa shape index (κ1) is 23.2. The van der Waals surface area contributed by atoms with Crippen molar-refractivity contribution < 1.29 is 21.8 Å². The molecule has 0 amide bonds. The zero-order chi connectivity index (χ0) is 22.8. The van der Waals surface area contributed by atoms with Gasteiger partial charge in [0.2, 0.25) is 20.0 Å². The third kappa shape index (κ3) is 4.91. The molecule has 0 radical (unpaired) electrons. The Bertz CT molecular complexity index is 1160. The average Bonchev–Trinajstić information content (AvgIpc) is 2.74. The number of benzene rings is 1. The molecule has 0 unspecified atom stereocenters. The zero-order valence-corrected chi connectivity index (χ0v) is 18.7. The molecule has 1 aliphatic heterocycles. The minimum atomic E-state index is -4.18. The van der Waals surface area contributed by atoms with E-state index >= 15 is 0 Å². The maximum atomic E-state index is 13.1. The van der Waals surface area contributed by atoms with E-state index in [1.165, 1.54) is 18.4 Å². The molecule has 13 heteroatoms. The summed E-state index contributed by atoms with van der Waals surface area (Å²) < 4.78 is 52.9. The van der Waals surface area contributed by atoms with Gasteiger partial charge >= 0.3 is 0 Å². The molecule has 1 aliphatic rings. The van der Waals surface area contributed by atoms with Crippen LogP contribution in [0.1, 0.15) is 5.69 Å². The summed E-state index contributed by atoms with van der Waals surface area (Å²) in [4.78, 5) is 16.1. The lowest BCUT2D eigenvalue weighted by atomic mass is 10.3. The van der Waals surface area contributed by atoms with E-state index < -0.39 is 35.6 Å². The van der Waals surface area contributed by atoms with Gasteiger partial charge in [-0.05, 0) is 24.3 Å². The number of hydrogen-bond acceptors (Lipinski definition) is 8. The van der Waals surface area contributed by atoms with E-state index in [9.17, 15) is 26.9 Å². The number of piperazine rings is 1. The van der Waals surface area contributed by atoms with E-state index in [1.54, 1.807) is 6.20 Å². The van der Waals surface area contributed by atoms with Crippen LogP contribution in [0, 0.1) is 10.1 Å². The second-order valence-electron chi connectivity index (χ2n) is 7.18. The fourth-order valence-corrected chi connectivity index (χ4v) is 5.70. The van der Waals surface area contributed by atoms with Crippen molar-refractivity contribution in [1.82, 2.24) is 18.5 Å². The minimum absolute atomic E-state index is 0.157. The molecule has 31 heavy (non-hydrogen) atoms. The van der Waals surface area contributed by atoms with Crippen molar-refractivity contribution in [2.45, 2.75) is 16.3 Å². The van der Waals surface area contributed by atoms with Gasteiger partial charge in [0.1, 0.15) is 0 Å². The molecule has 2 aromatic rings. The third-order valence-electron chi connectivity index (χ3n) is 4.97. The lowest BCUT2D eigenvalue weighted by Gasteiger charge is -2.33. The maximum Gasteiger partial charge on any atom is 0.290 e. The van der Waals surface area contributed by atoms with Crippen LogP contribution in [0.15, 0.2) is 52.4 Å². The van der Waals surface area contributed by atoms with E-state index in [0.717, 1.165) is 28.2 Å². The lowest BCUT2D eigenvalue weighted by Crippen LogP contribution is -2.48. The Morgan fingerprint density at radius 1 is 1.06 bits per heavy atom. The molecule has 0 aliphatic carbocycles. The Kier molecular flexibility index (Phi) is 6.71. The largest absolute Gasteiger partial charge is 0.295 e. The first-order chi connectivity index (χ1) is 14.5. The van der Waals surface area contributed by atoms with Crippen molar-refractivity contribution in [3.8, 4) is 0 Å². The third-order valence-corrected chi connectivity index (χ3v) is 8.72. The summed E-state index contributed by atoms with van der Waals surface area (Å²) >= 11 is 0. The number of nitro benzene ring substituents is 1. The molecule has 3 rings (SSSR count). The Morgan fingerprint density at radius 2 is 1.74 bits per heavy atom. The van der Waals surface area contributed by atoms with Gasteiger partial charge in [-0.2, -0.15) is 4.31 Å². The number of nitro groups is 1. The van der Waals surface area contributed by atoms with Crippen molar-refractivity contribution in [2.75, 3.05) is 40.3 Å². The van der Waals surface area contributed by atoms with Crippen molar-refractivity contribution in [1.29, 1.82) is 0 Å². The Hall–Kier alpha value is -2.45. The first-order valence-corrected chi connectivity index (χ1v) is 12.2. The summed E-state index contributed by atoms with van der Waals surface area (Å²) in [5.41, 5.74) is 0.103. The predicted octanol–water partition coefficient (Wildman–Crippen LogP) is 0.747. The molecule has 0 saturated carbocycles. The van der Waals surface area contributed by atoms with Crippen LogP contribution in [-0.4, -0.2) is 80.5 Å². The molecule has 0 atom stereocenters. The van der Waals surface area contributed by atoms with E-state index in [-0.39, 0.29) is 18.0 Å². The monoisotopic (exact) mass is 469 g/mol. The van der Waals surface area contributed by atoms with Gasteiger partial charge in [0.05, 0.1) is 15.5 Å². The molecule has 168 valence electrons. The lowest BCUT2D eigenvalue weighted by molar-refractivity contribution is -0.388. The van der Waals surface area contributed by atoms with Gasteiger partial charge in [-0.15, -0.1) is 0 Å². The number of aromatic nitrogens is 1. The fraction of sp³-hybridized carbons (Fsp3) is 0.389. The summed E-state index contributed by atoms with van der Waals surface area (Å²) in [5, 5.41) is 11.6. The van der Waals surface area contributed by atoms with Crippen molar-refractivity contribution >= 4 is 25.7 Å². The zero-order valence-electron chi connectivity index (χ0n) is 17.1. The molecule has 1 aromatic heterocycles. The van der Waals surface area contributed by atoms with Crippen LogP contribution in [0.25, 0.3) is 0 Å². The number of nitrogens with zero attached hydrogens (tertiary/aromatic N) is 5. The van der Waals surface area contributed by atoms with Crippen molar-refractivity contribution in [2.24, 2.45) is 0 Å². The second-order valence-corrected chi connectivity index (χ2v) is 11.2. The highest BCUT2D eigenvalue weighted by molar-refractivity contribution is 7.89. The first-order valence-electron chi connectivity index (χ1n) is 9.37. The van der Waals surface area contributed by atoms with E-state index in [4.69, 9.17) is 0 Å². The quantitative estimate of drug-likeness (QED) is 0.428. The molecule has 0 bridgehead atoms. The standard InChI is InChI=1S/C18H23N5O6S2/c1-20(2)30(26,27)16-6-7-18(17(13-16)23(24)25)31(28,29)22-11-9-21(10-12-22)14-15-5-3-4-8-19-15/h3-8,13H,9-12,14H2,1-2H3. The SMILES string of the molecule is CN(C)S(=O)(=O)c1ccc(S(=O)(=O)N2CCN(Cc3ccccn3)CC2)c([N+](=O)[O-])c1. The van der Waals surface area contributed by atoms with Gasteiger partial charge in [-0.3, -0.25) is 20.0 Å². The molecular formula is C18H23N5O6S2. The van der Waals surface area contributed by atoms with Gasteiger partial charge < -0.3 is 0 Å². The van der Waals surface area contributed by atoms with Gasteiger partial charge in [0, 0.05) is 59.1 Å². The summed E-state index contributed by atoms with van der Waals surface area (Å²) in [7, 11) is -5.55. The molecule has 2 heterocycles. The molecule has 0 N–H and O–H groups in total. The van der Waals surface area contributed by atoms with Crippen LogP contribution in [0.2, 0.25) is 0 Å². The van der Waals surface area contributed by atoms with Crippen LogP contribution in [0.4, 0.5) is 5.69 Å². The van der Waals surface area contributed by atoms with Crippen molar-refractivity contribution in [3.63, 3.8) is 0 Å². The Morgan fingerprint density at radius 3 is 2.29 bits per heavy atom. The number of rotatable bonds is 7. The number of pyridine rings is 1. The summed E-state index contributed by atoms with van der Waals surface area (Å²) in [6, 6.07) is 8.43. The summed E-state index contributed by atoms with van der Waals surface area (Å²) in [6.45, 7) is 1.77.